The molecule has 0 aromatic rings. The number of nitrogens with two attached hydrogens (primary N) is 1. The van der Waals surface area contributed by atoms with Crippen LogP contribution in [0.15, 0.2) is 0 Å². The SMILES string of the molecule is CCC(CN)(OCCCO)C(C)C. The average molecular weight is 189 g/mol. The fraction of sp³-hybridized carbons (Fsp3) is 1.00. The Morgan fingerprint density at radius 2 is 2.08 bits per heavy atom. The van der Waals surface area contributed by atoms with Crippen molar-refractivity contribution in [1.82, 2.24) is 0 Å². The minimum atomic E-state index is -0.199. The first kappa shape index (κ1) is 12.9. The predicted molar refractivity (Wildman–Crippen MR) is 54.6 cm³/mol. The molecule has 3 nitrogen and oxygen atoms in total. The molecule has 0 saturated carbocycles. The third-order valence-electron chi connectivity index (χ3n) is 2.69. The van der Waals surface area contributed by atoms with E-state index < -0.39 is 0 Å². The van der Waals surface area contributed by atoms with Gasteiger partial charge in [0.1, 0.15) is 0 Å². The van der Waals surface area contributed by atoms with Crippen molar-refractivity contribution in [3.63, 3.8) is 0 Å². The van der Waals surface area contributed by atoms with Crippen molar-refractivity contribution in [2.45, 2.75) is 39.2 Å². The second kappa shape index (κ2) is 6.35. The Morgan fingerprint density at radius 3 is 2.38 bits per heavy atom. The molecule has 0 radical (unpaired) electrons. The largest absolute Gasteiger partial charge is 0.396 e. The number of rotatable bonds is 7. The lowest BCUT2D eigenvalue weighted by molar-refractivity contribution is -0.0772. The third-order valence-corrected chi connectivity index (χ3v) is 2.69. The summed E-state index contributed by atoms with van der Waals surface area (Å²) in [5, 5.41) is 8.64. The number of aliphatic hydroxyl groups is 1. The average Bonchev–Trinajstić information content (AvgIpc) is 2.13. The predicted octanol–water partition coefficient (Wildman–Crippen LogP) is 1.15. The van der Waals surface area contributed by atoms with Gasteiger partial charge in [-0.25, -0.2) is 0 Å². The Hall–Kier alpha value is -0.120. The molecule has 0 aromatic heterocycles. The van der Waals surface area contributed by atoms with E-state index in [9.17, 15) is 0 Å². The van der Waals surface area contributed by atoms with Gasteiger partial charge in [-0.05, 0) is 18.8 Å². The zero-order valence-electron chi connectivity index (χ0n) is 9.05. The molecule has 1 unspecified atom stereocenters. The van der Waals surface area contributed by atoms with E-state index in [0.29, 0.717) is 25.5 Å². The second-order valence-electron chi connectivity index (χ2n) is 3.70. The maximum Gasteiger partial charge on any atom is 0.0824 e. The van der Waals surface area contributed by atoms with Crippen LogP contribution >= 0.6 is 0 Å². The zero-order valence-corrected chi connectivity index (χ0v) is 9.05. The molecular weight excluding hydrogens is 166 g/mol. The summed E-state index contributed by atoms with van der Waals surface area (Å²) in [6.07, 6.45) is 1.61. The van der Waals surface area contributed by atoms with E-state index >= 15 is 0 Å². The molecule has 0 aromatic carbocycles. The molecule has 0 saturated heterocycles. The summed E-state index contributed by atoms with van der Waals surface area (Å²) in [6.45, 7) is 7.66. The topological polar surface area (TPSA) is 55.5 Å². The van der Waals surface area contributed by atoms with E-state index in [0.717, 1.165) is 6.42 Å². The van der Waals surface area contributed by atoms with Crippen LogP contribution in [0.1, 0.15) is 33.6 Å². The summed E-state index contributed by atoms with van der Waals surface area (Å²) in [5.74, 6) is 0.418. The van der Waals surface area contributed by atoms with Crippen molar-refractivity contribution in [3.05, 3.63) is 0 Å². The first-order chi connectivity index (χ1) is 6.13. The Bertz CT molecular complexity index is 122. The van der Waals surface area contributed by atoms with E-state index in [1.54, 1.807) is 0 Å². The number of hydrogen-bond donors (Lipinski definition) is 2. The van der Waals surface area contributed by atoms with Gasteiger partial charge in [-0.3, -0.25) is 0 Å². The van der Waals surface area contributed by atoms with Gasteiger partial charge in [0.15, 0.2) is 0 Å². The van der Waals surface area contributed by atoms with Gasteiger partial charge in [0.25, 0.3) is 0 Å². The van der Waals surface area contributed by atoms with Gasteiger partial charge >= 0.3 is 0 Å². The highest BCUT2D eigenvalue weighted by atomic mass is 16.5. The monoisotopic (exact) mass is 189 g/mol. The van der Waals surface area contributed by atoms with Crippen LogP contribution in [0.4, 0.5) is 0 Å². The maximum atomic E-state index is 8.64. The molecule has 13 heavy (non-hydrogen) atoms. The van der Waals surface area contributed by atoms with Crippen molar-refractivity contribution >= 4 is 0 Å². The zero-order chi connectivity index (χ0) is 10.3. The smallest absolute Gasteiger partial charge is 0.0824 e. The van der Waals surface area contributed by atoms with Crippen molar-refractivity contribution in [1.29, 1.82) is 0 Å². The molecule has 0 rings (SSSR count). The lowest BCUT2D eigenvalue weighted by Crippen LogP contribution is -2.45. The normalized spacial score (nSPS) is 16.2. The molecule has 0 aliphatic rings. The first-order valence-electron chi connectivity index (χ1n) is 5.07. The van der Waals surface area contributed by atoms with Gasteiger partial charge in [-0.2, -0.15) is 0 Å². The highest BCUT2D eigenvalue weighted by Crippen LogP contribution is 2.24. The molecule has 0 heterocycles. The van der Waals surface area contributed by atoms with Gasteiger partial charge < -0.3 is 15.6 Å². The Balaban J connectivity index is 4.06. The number of aliphatic hydroxyl groups excluding tert-OH is 1. The third kappa shape index (κ3) is 3.63. The van der Waals surface area contributed by atoms with Gasteiger partial charge in [0, 0.05) is 19.8 Å². The van der Waals surface area contributed by atoms with Crippen molar-refractivity contribution in [2.24, 2.45) is 11.7 Å². The van der Waals surface area contributed by atoms with E-state index in [1.807, 2.05) is 0 Å². The highest BCUT2D eigenvalue weighted by Gasteiger charge is 2.30. The Kier molecular flexibility index (Phi) is 6.29. The van der Waals surface area contributed by atoms with Gasteiger partial charge in [0.05, 0.1) is 5.60 Å². The summed E-state index contributed by atoms with van der Waals surface area (Å²) in [7, 11) is 0. The molecule has 80 valence electrons. The molecule has 3 N–H and O–H groups in total. The second-order valence-corrected chi connectivity index (χ2v) is 3.70. The minimum Gasteiger partial charge on any atom is -0.396 e. The van der Waals surface area contributed by atoms with Crippen LogP contribution in [-0.4, -0.2) is 30.5 Å². The molecule has 0 spiro atoms. The summed E-state index contributed by atoms with van der Waals surface area (Å²) in [4.78, 5) is 0. The highest BCUT2D eigenvalue weighted by molar-refractivity contribution is 4.83. The standard InChI is InChI=1S/C10H23NO2/c1-4-10(8-11,9(2)3)13-7-5-6-12/h9,12H,4-8,11H2,1-3H3. The van der Waals surface area contributed by atoms with Gasteiger partial charge in [0.2, 0.25) is 0 Å². The van der Waals surface area contributed by atoms with E-state index in [-0.39, 0.29) is 12.2 Å². The minimum absolute atomic E-state index is 0.183. The molecule has 0 bridgehead atoms. The number of hydrogen-bond acceptors (Lipinski definition) is 3. The molecule has 0 amide bonds. The van der Waals surface area contributed by atoms with E-state index in [2.05, 4.69) is 20.8 Å². The fourth-order valence-electron chi connectivity index (χ4n) is 1.46. The van der Waals surface area contributed by atoms with Crippen LogP contribution in [0.5, 0.6) is 0 Å². The lowest BCUT2D eigenvalue weighted by atomic mass is 9.87. The van der Waals surface area contributed by atoms with Crippen molar-refractivity contribution in [2.75, 3.05) is 19.8 Å². The summed E-state index contributed by atoms with van der Waals surface area (Å²) in [5.41, 5.74) is 5.51. The van der Waals surface area contributed by atoms with E-state index in [1.165, 1.54) is 0 Å². The molecule has 0 aliphatic heterocycles. The molecule has 0 fully saturated rings. The molecule has 3 heteroatoms. The molecule has 1 atom stereocenters. The van der Waals surface area contributed by atoms with Gasteiger partial charge in [-0.15, -0.1) is 0 Å². The number of ether oxygens (including phenoxy) is 1. The molecule has 0 aliphatic carbocycles. The lowest BCUT2D eigenvalue weighted by Gasteiger charge is -2.35. The summed E-state index contributed by atoms with van der Waals surface area (Å²) < 4.78 is 5.74. The Labute approximate surface area is 81.3 Å². The quantitative estimate of drug-likeness (QED) is 0.591. The van der Waals surface area contributed by atoms with Crippen LogP contribution in [-0.2, 0) is 4.74 Å². The van der Waals surface area contributed by atoms with Crippen molar-refractivity contribution < 1.29 is 9.84 Å². The summed E-state index contributed by atoms with van der Waals surface area (Å²) in [6, 6.07) is 0. The van der Waals surface area contributed by atoms with Crippen LogP contribution in [0.25, 0.3) is 0 Å². The Morgan fingerprint density at radius 1 is 1.46 bits per heavy atom. The fourth-order valence-corrected chi connectivity index (χ4v) is 1.46. The van der Waals surface area contributed by atoms with E-state index in [4.69, 9.17) is 15.6 Å². The maximum absolute atomic E-state index is 8.64. The van der Waals surface area contributed by atoms with Crippen LogP contribution < -0.4 is 5.73 Å². The van der Waals surface area contributed by atoms with Crippen LogP contribution in [0.2, 0.25) is 0 Å². The van der Waals surface area contributed by atoms with Crippen molar-refractivity contribution in [3.8, 4) is 0 Å². The van der Waals surface area contributed by atoms with Crippen LogP contribution in [0.3, 0.4) is 0 Å². The molecular formula is C10H23NO2. The van der Waals surface area contributed by atoms with Gasteiger partial charge in [-0.1, -0.05) is 20.8 Å². The first-order valence-corrected chi connectivity index (χ1v) is 5.07. The van der Waals surface area contributed by atoms with Crippen LogP contribution in [0, 0.1) is 5.92 Å². The summed E-state index contributed by atoms with van der Waals surface area (Å²) >= 11 is 0.